The lowest BCUT2D eigenvalue weighted by atomic mass is 10.0. The summed E-state index contributed by atoms with van der Waals surface area (Å²) in [5.74, 6) is -0.798. The Hall–Kier alpha value is -3.59. The number of carbonyl (C=O) groups excluding carboxylic acids is 2. The maximum atomic E-state index is 12.9. The Balaban J connectivity index is 4.04. The van der Waals surface area contributed by atoms with E-state index in [-0.39, 0.29) is 32.0 Å². The standard InChI is InChI=1S/C74H128NO8P/c1-6-8-10-12-14-16-18-20-22-24-26-27-28-29-30-31-32-33-34-35-36-37-38-39-40-41-42-43-44-45-46-47-49-51-53-55-57-59-61-63-65-67-74(77)83-72(71-82-84(78,79)81-69-68-75(3,4)5)70-80-73(76)66-64-62-60-58-56-54-52-50-48-25-23-21-19-17-15-13-11-9-7-2/h8,10,14,16,20-23,26-27,29-30,32-33,35-36,38-39,41-42,72H,6-7,9,11-13,15,17-19,24-25,28,31,34,37,40,43-71H2,1-5H3/p+1/b10-8-,16-14-,22-20-,23-21-,27-26-,30-29-,33-32-,36-35-,39-38-,42-41-. The van der Waals surface area contributed by atoms with Crippen LogP contribution in [0.25, 0.3) is 0 Å². The zero-order valence-corrected chi connectivity index (χ0v) is 55.7. The summed E-state index contributed by atoms with van der Waals surface area (Å²) in [6.07, 6.45) is 91.5. The summed E-state index contributed by atoms with van der Waals surface area (Å²) in [5.41, 5.74) is 0. The van der Waals surface area contributed by atoms with Gasteiger partial charge < -0.3 is 18.9 Å². The minimum atomic E-state index is -4.40. The van der Waals surface area contributed by atoms with Crippen LogP contribution in [0.5, 0.6) is 0 Å². The third-order valence-electron chi connectivity index (χ3n) is 14.5. The summed E-state index contributed by atoms with van der Waals surface area (Å²) in [7, 11) is 1.47. The molecule has 0 spiro atoms. The molecule has 0 amide bonds. The lowest BCUT2D eigenvalue weighted by Gasteiger charge is -2.24. The van der Waals surface area contributed by atoms with Gasteiger partial charge in [-0.3, -0.25) is 18.6 Å². The number of esters is 2. The number of hydrogen-bond acceptors (Lipinski definition) is 7. The van der Waals surface area contributed by atoms with Gasteiger partial charge in [0.1, 0.15) is 19.8 Å². The van der Waals surface area contributed by atoms with E-state index in [1.807, 2.05) is 21.1 Å². The minimum Gasteiger partial charge on any atom is -0.462 e. The van der Waals surface area contributed by atoms with Gasteiger partial charge in [-0.15, -0.1) is 0 Å². The highest BCUT2D eigenvalue weighted by molar-refractivity contribution is 7.47. The normalized spacial score (nSPS) is 13.9. The largest absolute Gasteiger partial charge is 0.472 e. The van der Waals surface area contributed by atoms with E-state index in [0.717, 1.165) is 96.3 Å². The van der Waals surface area contributed by atoms with E-state index in [9.17, 15) is 19.0 Å². The molecule has 9 nitrogen and oxygen atoms in total. The van der Waals surface area contributed by atoms with Crippen LogP contribution in [0, 0.1) is 0 Å². The molecule has 84 heavy (non-hydrogen) atoms. The highest BCUT2D eigenvalue weighted by Crippen LogP contribution is 2.43. The number of quaternary nitrogens is 1. The van der Waals surface area contributed by atoms with Crippen molar-refractivity contribution in [3.8, 4) is 0 Å². The molecule has 0 heterocycles. The highest BCUT2D eigenvalue weighted by Gasteiger charge is 2.27. The first kappa shape index (κ1) is 80.4. The van der Waals surface area contributed by atoms with E-state index >= 15 is 0 Å². The van der Waals surface area contributed by atoms with Crippen molar-refractivity contribution in [2.75, 3.05) is 47.5 Å². The number of nitrogens with zero attached hydrogens (tertiary/aromatic N) is 1. The topological polar surface area (TPSA) is 108 Å². The fourth-order valence-electron chi connectivity index (χ4n) is 9.24. The van der Waals surface area contributed by atoms with Crippen LogP contribution in [-0.2, 0) is 32.7 Å². The molecule has 0 aliphatic carbocycles. The molecular weight excluding hydrogens is 1060 g/mol. The Morgan fingerprint density at radius 3 is 1.02 bits per heavy atom. The Morgan fingerprint density at radius 2 is 0.679 bits per heavy atom. The van der Waals surface area contributed by atoms with Crippen LogP contribution in [0.3, 0.4) is 0 Å². The number of hydrogen-bond donors (Lipinski definition) is 1. The zero-order chi connectivity index (χ0) is 61.2. The van der Waals surface area contributed by atoms with E-state index in [1.165, 1.54) is 154 Å². The molecule has 0 saturated carbocycles. The fourth-order valence-corrected chi connectivity index (χ4v) is 9.98. The number of ether oxygens (including phenoxy) is 2. The molecule has 0 bridgehead atoms. The van der Waals surface area contributed by atoms with Crippen molar-refractivity contribution in [3.63, 3.8) is 0 Å². The van der Waals surface area contributed by atoms with Crippen molar-refractivity contribution >= 4 is 19.8 Å². The Bertz CT molecular complexity index is 1830. The number of rotatable bonds is 62. The lowest BCUT2D eigenvalue weighted by Crippen LogP contribution is -2.37. The van der Waals surface area contributed by atoms with Crippen molar-refractivity contribution in [2.45, 2.75) is 290 Å². The van der Waals surface area contributed by atoms with Gasteiger partial charge in [0.15, 0.2) is 6.10 Å². The maximum absolute atomic E-state index is 12.9. The molecule has 10 heteroatoms. The van der Waals surface area contributed by atoms with Crippen LogP contribution in [0.15, 0.2) is 122 Å². The van der Waals surface area contributed by atoms with Gasteiger partial charge in [-0.05, 0) is 109 Å². The first-order valence-corrected chi connectivity index (χ1v) is 35.8. The second-order valence-electron chi connectivity index (χ2n) is 23.8. The second kappa shape index (κ2) is 63.9. The fraction of sp³-hybridized carbons (Fsp3) is 0.703. The predicted molar refractivity (Wildman–Crippen MR) is 362 cm³/mol. The molecule has 0 aliphatic rings. The van der Waals surface area contributed by atoms with Crippen molar-refractivity contribution in [1.82, 2.24) is 0 Å². The number of carbonyl (C=O) groups is 2. The van der Waals surface area contributed by atoms with Gasteiger partial charge in [0.05, 0.1) is 27.7 Å². The van der Waals surface area contributed by atoms with E-state index in [2.05, 4.69) is 135 Å². The number of allylic oxidation sites excluding steroid dienone is 20. The van der Waals surface area contributed by atoms with E-state index in [1.54, 1.807) is 0 Å². The molecule has 0 fully saturated rings. The van der Waals surface area contributed by atoms with E-state index in [4.69, 9.17) is 18.5 Å². The van der Waals surface area contributed by atoms with Crippen molar-refractivity contribution in [2.24, 2.45) is 0 Å². The van der Waals surface area contributed by atoms with Gasteiger partial charge in [-0.1, -0.05) is 283 Å². The summed E-state index contributed by atoms with van der Waals surface area (Å²) < 4.78 is 34.7. The molecule has 0 saturated heterocycles. The van der Waals surface area contributed by atoms with Crippen LogP contribution < -0.4 is 0 Å². The summed E-state index contributed by atoms with van der Waals surface area (Å²) in [6.45, 7) is 4.33. The Kier molecular flexibility index (Phi) is 61.2. The van der Waals surface area contributed by atoms with Crippen molar-refractivity contribution in [1.29, 1.82) is 0 Å². The molecule has 0 aromatic carbocycles. The molecule has 2 unspecified atom stereocenters. The third kappa shape index (κ3) is 67.5. The van der Waals surface area contributed by atoms with Gasteiger partial charge in [-0.2, -0.15) is 0 Å². The molecule has 0 aliphatic heterocycles. The SMILES string of the molecule is CC/C=C\C/C=C\C/C=C\C/C=C\C/C=C\C/C=C\C/C=C\C/C=C\C/C=C\CCCCCCCCCCCCCCCC(=O)OC(COC(=O)CCCCCCCCCCC/C=C\CCCCCCCC)COP(=O)(O)OCC[N+](C)(C)C. The number of phosphoric acid groups is 1. The van der Waals surface area contributed by atoms with Crippen molar-refractivity contribution < 1.29 is 42.1 Å². The quantitative estimate of drug-likeness (QED) is 0.0211. The molecule has 482 valence electrons. The molecule has 0 rings (SSSR count). The van der Waals surface area contributed by atoms with E-state index < -0.39 is 26.5 Å². The summed E-state index contributed by atoms with van der Waals surface area (Å²) in [5, 5.41) is 0. The smallest absolute Gasteiger partial charge is 0.462 e. The summed E-state index contributed by atoms with van der Waals surface area (Å²) in [4.78, 5) is 35.8. The third-order valence-corrected chi connectivity index (χ3v) is 15.5. The van der Waals surface area contributed by atoms with Crippen LogP contribution in [0.2, 0.25) is 0 Å². The predicted octanol–water partition coefficient (Wildman–Crippen LogP) is 22.3. The first-order chi connectivity index (χ1) is 41.0. The van der Waals surface area contributed by atoms with Crippen LogP contribution in [0.4, 0.5) is 0 Å². The molecule has 0 aromatic rings. The summed E-state index contributed by atoms with van der Waals surface area (Å²) in [6, 6.07) is 0. The zero-order valence-electron chi connectivity index (χ0n) is 54.9. The van der Waals surface area contributed by atoms with E-state index in [0.29, 0.717) is 17.4 Å². The Morgan fingerprint density at radius 1 is 0.381 bits per heavy atom. The van der Waals surface area contributed by atoms with Gasteiger partial charge >= 0.3 is 19.8 Å². The van der Waals surface area contributed by atoms with Gasteiger partial charge in [0.2, 0.25) is 0 Å². The van der Waals surface area contributed by atoms with Crippen LogP contribution in [-0.4, -0.2) is 74.9 Å². The molecule has 1 N–H and O–H groups in total. The lowest BCUT2D eigenvalue weighted by molar-refractivity contribution is -0.870. The van der Waals surface area contributed by atoms with Gasteiger partial charge in [0, 0.05) is 12.8 Å². The number of likely N-dealkylation sites (N-methyl/N-ethyl adjacent to an activating group) is 1. The molecule has 2 atom stereocenters. The molecular formula is C74H129NO8P+. The Labute approximate surface area is 518 Å². The average Bonchev–Trinajstić information content (AvgIpc) is 3.61. The molecule has 0 radical (unpaired) electrons. The highest BCUT2D eigenvalue weighted by atomic mass is 31.2. The van der Waals surface area contributed by atoms with Crippen LogP contribution in [0.1, 0.15) is 284 Å². The molecule has 0 aromatic heterocycles. The van der Waals surface area contributed by atoms with Gasteiger partial charge in [-0.25, -0.2) is 4.57 Å². The average molecular weight is 1190 g/mol. The summed E-state index contributed by atoms with van der Waals surface area (Å²) >= 11 is 0. The van der Waals surface area contributed by atoms with Crippen molar-refractivity contribution in [3.05, 3.63) is 122 Å². The maximum Gasteiger partial charge on any atom is 0.472 e. The first-order valence-electron chi connectivity index (χ1n) is 34.3. The number of unbranched alkanes of at least 4 members (excludes halogenated alkanes) is 28. The number of phosphoric ester groups is 1. The van der Waals surface area contributed by atoms with Gasteiger partial charge in [0.25, 0.3) is 0 Å². The minimum absolute atomic E-state index is 0.0277. The second-order valence-corrected chi connectivity index (χ2v) is 25.3. The van der Waals surface area contributed by atoms with Crippen LogP contribution >= 0.6 is 7.82 Å². The monoisotopic (exact) mass is 1190 g/mol.